The number of carbonyl (C=O) groups is 2. The minimum atomic E-state index is -4.54. The van der Waals surface area contributed by atoms with Crippen LogP contribution in [0.4, 0.5) is 13.2 Å². The first-order valence-corrected chi connectivity index (χ1v) is 7.06. The lowest BCUT2D eigenvalue weighted by molar-refractivity contribution is -0.671. The highest BCUT2D eigenvalue weighted by molar-refractivity contribution is 6.06. The topological polar surface area (TPSA) is 61.4 Å². The highest BCUT2D eigenvalue weighted by Crippen LogP contribution is 2.34. The zero-order valence-electron chi connectivity index (χ0n) is 13.7. The number of esters is 2. The number of hydrogen-bond donors (Lipinski definition) is 0. The van der Waals surface area contributed by atoms with E-state index in [-0.39, 0.29) is 5.56 Å². The predicted octanol–water partition coefficient (Wildman–Crippen LogP) is 1.42. The van der Waals surface area contributed by atoms with E-state index in [1.807, 2.05) is 0 Å². The molecule has 0 spiro atoms. The number of carbonyl (C=O) groups excluding carboxylic acids is 2. The van der Waals surface area contributed by atoms with Crippen LogP contribution in [-0.4, -0.2) is 30.7 Å². The number of methoxy groups -OCH3 is 2. The Labute approximate surface area is 141 Å². The Morgan fingerprint density at radius 1 is 1.00 bits per heavy atom. The fraction of sp³-hybridized carbons (Fsp3) is 0.312. The summed E-state index contributed by atoms with van der Waals surface area (Å²) in [5.41, 5.74) is -3.03. The van der Waals surface area contributed by atoms with E-state index < -0.39 is 29.2 Å². The third-order valence-corrected chi connectivity index (χ3v) is 3.75. The number of rotatable bonds is 4. The number of ether oxygens (including phenoxy) is 2. The highest BCUT2D eigenvalue weighted by atomic mass is 19.4. The first-order chi connectivity index (χ1) is 11.7. The van der Waals surface area contributed by atoms with Gasteiger partial charge in [0.05, 0.1) is 26.8 Å². The van der Waals surface area contributed by atoms with Gasteiger partial charge in [0.1, 0.15) is 12.4 Å². The molecular weight excluding hydrogens is 341 g/mol. The first kappa shape index (κ1) is 18.5. The maximum Gasteiger partial charge on any atom is 0.416 e. The molecule has 0 aliphatic carbocycles. The highest BCUT2D eigenvalue weighted by Gasteiger charge is 2.57. The number of hydrogen-bond acceptors (Lipinski definition) is 4. The normalized spacial score (nSPS) is 11.9. The molecule has 0 unspecified atom stereocenters. The smallest absolute Gasteiger partial charge is 0.416 e. The van der Waals surface area contributed by atoms with Crippen LogP contribution in [0.2, 0.25) is 0 Å². The van der Waals surface area contributed by atoms with E-state index in [0.717, 1.165) is 38.5 Å². The summed E-state index contributed by atoms with van der Waals surface area (Å²) in [6.07, 6.45) is -0.140. The number of halogens is 3. The summed E-state index contributed by atoms with van der Waals surface area (Å²) in [5.74, 6) is -1.98. The molecule has 0 saturated heterocycles. The molecule has 0 bridgehead atoms. The number of aryl methyl sites for hydroxylation is 1. The van der Waals surface area contributed by atoms with Crippen molar-refractivity contribution in [1.82, 2.24) is 4.57 Å². The van der Waals surface area contributed by atoms with Gasteiger partial charge in [-0.3, -0.25) is 0 Å². The predicted molar refractivity (Wildman–Crippen MR) is 78.2 cm³/mol. The average Bonchev–Trinajstić information content (AvgIpc) is 3.01. The molecule has 1 aromatic carbocycles. The molecule has 2 rings (SSSR count). The minimum Gasteiger partial charge on any atom is -0.465 e. The summed E-state index contributed by atoms with van der Waals surface area (Å²) in [7, 11) is 3.81. The molecule has 0 amide bonds. The monoisotopic (exact) mass is 357 g/mol. The zero-order valence-corrected chi connectivity index (χ0v) is 13.7. The quantitative estimate of drug-likeness (QED) is 0.472. The standard InChI is InChI=1S/C16H16F3N2O4/c1-20-8-9-21(10-20)15(13(22)24-2,14(23)25-3)11-4-6-12(7-5-11)16(17,18)19/h4-10H,1-3H3/q+1. The van der Waals surface area contributed by atoms with Gasteiger partial charge in [0, 0.05) is 5.56 Å². The molecule has 9 heteroatoms. The fourth-order valence-corrected chi connectivity index (χ4v) is 2.52. The summed E-state index contributed by atoms with van der Waals surface area (Å²) >= 11 is 0. The number of benzene rings is 1. The van der Waals surface area contributed by atoms with Gasteiger partial charge in [-0.1, -0.05) is 12.1 Å². The van der Waals surface area contributed by atoms with Gasteiger partial charge >= 0.3 is 23.7 Å². The van der Waals surface area contributed by atoms with Crippen LogP contribution in [0.3, 0.4) is 0 Å². The van der Waals surface area contributed by atoms with Gasteiger partial charge in [0.25, 0.3) is 0 Å². The van der Waals surface area contributed by atoms with Crippen molar-refractivity contribution in [3.05, 3.63) is 54.1 Å². The molecule has 6 nitrogen and oxygen atoms in total. The van der Waals surface area contributed by atoms with Gasteiger partial charge in [0.15, 0.2) is 0 Å². The van der Waals surface area contributed by atoms with Gasteiger partial charge in [-0.15, -0.1) is 0 Å². The van der Waals surface area contributed by atoms with E-state index in [1.54, 1.807) is 17.8 Å². The van der Waals surface area contributed by atoms with E-state index in [4.69, 9.17) is 9.47 Å². The Hall–Kier alpha value is -2.84. The number of imidazole rings is 1. The van der Waals surface area contributed by atoms with Crippen molar-refractivity contribution in [3.63, 3.8) is 0 Å². The van der Waals surface area contributed by atoms with Crippen LogP contribution in [-0.2, 0) is 37.8 Å². The molecule has 0 radical (unpaired) electrons. The summed E-state index contributed by atoms with van der Waals surface area (Å²) in [6, 6.07) is 3.69. The van der Waals surface area contributed by atoms with Gasteiger partial charge in [-0.05, 0) is 12.1 Å². The lowest BCUT2D eigenvalue weighted by Gasteiger charge is -2.25. The number of aromatic nitrogens is 2. The van der Waals surface area contributed by atoms with Crippen LogP contribution >= 0.6 is 0 Å². The van der Waals surface area contributed by atoms with Crippen LogP contribution in [0, 0.1) is 0 Å². The molecule has 0 N–H and O–H groups in total. The second-order valence-corrected chi connectivity index (χ2v) is 5.26. The Bertz CT molecular complexity index is 765. The molecule has 1 heterocycles. The second-order valence-electron chi connectivity index (χ2n) is 5.26. The number of nitrogens with zero attached hydrogens (tertiary/aromatic N) is 2. The van der Waals surface area contributed by atoms with Crippen molar-refractivity contribution >= 4 is 11.9 Å². The van der Waals surface area contributed by atoms with E-state index >= 15 is 0 Å². The number of alkyl halides is 3. The lowest BCUT2D eigenvalue weighted by Crippen LogP contribution is -2.51. The molecule has 1 aromatic heterocycles. The van der Waals surface area contributed by atoms with Gasteiger partial charge in [-0.2, -0.15) is 13.2 Å². The van der Waals surface area contributed by atoms with Crippen molar-refractivity contribution in [2.75, 3.05) is 14.2 Å². The van der Waals surface area contributed by atoms with Crippen LogP contribution in [0.15, 0.2) is 43.0 Å². The molecule has 0 aliphatic heterocycles. The fourth-order valence-electron chi connectivity index (χ4n) is 2.52. The molecule has 0 aliphatic rings. The van der Waals surface area contributed by atoms with Crippen molar-refractivity contribution in [1.29, 1.82) is 0 Å². The summed E-state index contributed by atoms with van der Waals surface area (Å²) in [5, 5.41) is 0. The third-order valence-electron chi connectivity index (χ3n) is 3.75. The maximum absolute atomic E-state index is 12.8. The van der Waals surface area contributed by atoms with Crippen molar-refractivity contribution in [2.24, 2.45) is 7.05 Å². The van der Waals surface area contributed by atoms with Crippen molar-refractivity contribution in [3.8, 4) is 0 Å². The van der Waals surface area contributed by atoms with Crippen molar-refractivity contribution in [2.45, 2.75) is 11.7 Å². The average molecular weight is 357 g/mol. The minimum absolute atomic E-state index is 0.0181. The molecule has 134 valence electrons. The molecule has 2 aromatic rings. The summed E-state index contributed by atoms with van der Waals surface area (Å²) in [4.78, 5) is 25.1. The third kappa shape index (κ3) is 3.09. The second kappa shape index (κ2) is 6.58. The molecule has 0 atom stereocenters. The Morgan fingerprint density at radius 3 is 1.84 bits per heavy atom. The maximum atomic E-state index is 12.8. The Balaban J connectivity index is 2.74. The van der Waals surface area contributed by atoms with Gasteiger partial charge in [-0.25, -0.2) is 18.7 Å². The largest absolute Gasteiger partial charge is 0.465 e. The summed E-state index contributed by atoms with van der Waals surface area (Å²) in [6.45, 7) is 0. The molecule has 0 fully saturated rings. The summed E-state index contributed by atoms with van der Waals surface area (Å²) < 4.78 is 50.7. The zero-order chi connectivity index (χ0) is 18.8. The Morgan fingerprint density at radius 2 is 1.48 bits per heavy atom. The molecular formula is C16H16F3N2O4+. The van der Waals surface area contributed by atoms with E-state index in [1.165, 1.54) is 17.1 Å². The van der Waals surface area contributed by atoms with Crippen LogP contribution in [0.1, 0.15) is 11.1 Å². The van der Waals surface area contributed by atoms with Gasteiger partial charge in [0.2, 0.25) is 6.33 Å². The van der Waals surface area contributed by atoms with E-state index in [0.29, 0.717) is 0 Å². The van der Waals surface area contributed by atoms with E-state index in [9.17, 15) is 22.8 Å². The Kier molecular flexibility index (Phi) is 4.87. The van der Waals surface area contributed by atoms with Crippen LogP contribution in [0.5, 0.6) is 0 Å². The molecule has 0 saturated carbocycles. The molecule has 25 heavy (non-hydrogen) atoms. The van der Waals surface area contributed by atoms with Crippen LogP contribution < -0.4 is 4.57 Å². The van der Waals surface area contributed by atoms with Gasteiger partial charge < -0.3 is 9.47 Å². The lowest BCUT2D eigenvalue weighted by atomic mass is 9.88. The SMILES string of the molecule is COC(=O)C(C(=O)OC)(c1ccc(C(F)(F)F)cc1)n1cc[n+](C)c1. The van der Waals surface area contributed by atoms with Crippen LogP contribution in [0.25, 0.3) is 0 Å². The first-order valence-electron chi connectivity index (χ1n) is 7.06. The van der Waals surface area contributed by atoms with E-state index in [2.05, 4.69) is 0 Å². The van der Waals surface area contributed by atoms with Crippen molar-refractivity contribution < 1.29 is 36.8 Å².